The largest absolute Gasteiger partial charge is 0.477 e. The molecular weight excluding hydrogens is 1080 g/mol. The number of carboxylic acids is 1. The Balaban J connectivity index is 4.04. The summed E-state index contributed by atoms with van der Waals surface area (Å²) in [5.74, 6) is -2.03. The van der Waals surface area contributed by atoms with Gasteiger partial charge in [0.25, 0.3) is 6.29 Å². The van der Waals surface area contributed by atoms with Crippen molar-refractivity contribution in [2.45, 2.75) is 296 Å². The van der Waals surface area contributed by atoms with Crippen molar-refractivity contribution in [1.29, 1.82) is 0 Å². The molecule has 9 nitrogen and oxygen atoms in total. The van der Waals surface area contributed by atoms with Crippen LogP contribution in [0.4, 0.5) is 0 Å². The number of esters is 2. The zero-order chi connectivity index (χ0) is 63.3. The fourth-order valence-corrected chi connectivity index (χ4v) is 9.58. The lowest BCUT2D eigenvalue weighted by Crippen LogP contribution is -2.40. The molecule has 0 fully saturated rings. The first-order chi connectivity index (χ1) is 42.6. The summed E-state index contributed by atoms with van der Waals surface area (Å²) in [7, 11) is 5.97. The van der Waals surface area contributed by atoms with Crippen LogP contribution in [0.15, 0.2) is 134 Å². The van der Waals surface area contributed by atoms with E-state index in [0.717, 1.165) is 122 Å². The molecule has 0 aromatic heterocycles. The van der Waals surface area contributed by atoms with Crippen LogP contribution >= 0.6 is 0 Å². The average Bonchev–Trinajstić information content (AvgIpc) is 3.59. The molecule has 87 heavy (non-hydrogen) atoms. The molecule has 496 valence electrons. The second-order valence-corrected chi connectivity index (χ2v) is 24.4. The molecule has 0 amide bonds. The van der Waals surface area contributed by atoms with Gasteiger partial charge in [0.15, 0.2) is 6.10 Å². The smallest absolute Gasteiger partial charge is 0.361 e. The maximum absolute atomic E-state index is 12.9. The first-order valence-electron chi connectivity index (χ1n) is 35.3. The van der Waals surface area contributed by atoms with Gasteiger partial charge in [-0.2, -0.15) is 0 Å². The van der Waals surface area contributed by atoms with Crippen LogP contribution in [0, 0.1) is 0 Å². The van der Waals surface area contributed by atoms with Crippen molar-refractivity contribution in [1.82, 2.24) is 0 Å². The molecule has 0 saturated carbocycles. The topological polar surface area (TPSA) is 108 Å². The van der Waals surface area contributed by atoms with E-state index in [1.54, 1.807) is 0 Å². The number of carbonyl (C=O) groups excluding carboxylic acids is 2. The standard InChI is InChI=1S/C78H131NO8/c1-6-8-10-12-14-16-18-20-22-24-26-28-29-30-31-32-33-34-35-36-37-38-39-40-41-42-43-44-45-46-47-49-51-53-55-57-59-61-63-65-67-69-76(81)87-74(73-86-78(77(82)83)84-71-70-79(3,4)5)72-85-75(80)68-66-64-62-60-58-56-54-52-50-48-27-25-23-21-19-17-15-13-11-9-7-2/h8-11,14-17,20-23,26-28,30-31,33-34,48,52,54,74,78H,6-7,12-13,18-19,24-25,29,32,35-47,49-51,53,55-73H2,1-5H3/p+1/b10-8-,11-9-,16-14-,17-15-,22-20-,23-21-,28-26-,31-30-,34-33-,48-27-,54-52-. The minimum atomic E-state index is -1.52. The molecule has 0 saturated heterocycles. The van der Waals surface area contributed by atoms with Crippen LogP contribution in [-0.4, -0.2) is 87.4 Å². The average molecular weight is 1210 g/mol. The number of aliphatic carboxylic acids is 1. The second-order valence-electron chi connectivity index (χ2n) is 24.4. The fraction of sp³-hybridized carbons (Fsp3) is 0.679. The van der Waals surface area contributed by atoms with Crippen molar-refractivity contribution in [3.05, 3.63) is 134 Å². The summed E-state index contributed by atoms with van der Waals surface area (Å²) in [6.45, 7) is 4.64. The van der Waals surface area contributed by atoms with Gasteiger partial charge in [-0.15, -0.1) is 0 Å². The quantitative estimate of drug-likeness (QED) is 0.0211. The molecule has 0 bridgehead atoms. The molecule has 9 heteroatoms. The maximum atomic E-state index is 12.9. The zero-order valence-corrected chi connectivity index (χ0v) is 56.6. The number of rotatable bonds is 64. The van der Waals surface area contributed by atoms with Gasteiger partial charge in [-0.05, 0) is 109 Å². The van der Waals surface area contributed by atoms with E-state index >= 15 is 0 Å². The highest BCUT2D eigenvalue weighted by atomic mass is 16.7. The van der Waals surface area contributed by atoms with Gasteiger partial charge in [-0.1, -0.05) is 295 Å². The molecule has 0 rings (SSSR count). The van der Waals surface area contributed by atoms with Crippen LogP contribution in [0.25, 0.3) is 0 Å². The summed E-state index contributed by atoms with van der Waals surface area (Å²) < 4.78 is 22.9. The summed E-state index contributed by atoms with van der Waals surface area (Å²) in [6, 6.07) is 0. The fourth-order valence-electron chi connectivity index (χ4n) is 9.58. The van der Waals surface area contributed by atoms with Crippen LogP contribution in [0.5, 0.6) is 0 Å². The number of nitrogens with zero attached hydrogens (tertiary/aromatic N) is 1. The van der Waals surface area contributed by atoms with E-state index in [-0.39, 0.29) is 38.6 Å². The molecule has 0 heterocycles. The number of likely N-dealkylation sites (N-methyl/N-ethyl adjacent to an activating group) is 1. The normalized spacial score (nSPS) is 13.5. The summed E-state index contributed by atoms with van der Waals surface area (Å²) in [6.07, 6.45) is 94.3. The van der Waals surface area contributed by atoms with Crippen molar-refractivity contribution in [2.75, 3.05) is 47.5 Å². The Morgan fingerprint density at radius 1 is 0.345 bits per heavy atom. The maximum Gasteiger partial charge on any atom is 0.361 e. The van der Waals surface area contributed by atoms with Crippen LogP contribution < -0.4 is 0 Å². The third kappa shape index (κ3) is 68.8. The second kappa shape index (κ2) is 67.4. The number of hydrogen-bond acceptors (Lipinski definition) is 7. The van der Waals surface area contributed by atoms with Gasteiger partial charge in [0, 0.05) is 12.8 Å². The molecule has 0 aromatic rings. The minimum Gasteiger partial charge on any atom is -0.477 e. The van der Waals surface area contributed by atoms with Gasteiger partial charge in [-0.25, -0.2) is 4.79 Å². The van der Waals surface area contributed by atoms with Gasteiger partial charge in [0.1, 0.15) is 13.2 Å². The molecule has 0 aliphatic carbocycles. The third-order valence-corrected chi connectivity index (χ3v) is 14.9. The van der Waals surface area contributed by atoms with Crippen molar-refractivity contribution in [3.63, 3.8) is 0 Å². The molecule has 0 aromatic carbocycles. The van der Waals surface area contributed by atoms with E-state index in [9.17, 15) is 19.5 Å². The lowest BCUT2D eigenvalue weighted by molar-refractivity contribution is -0.870. The molecule has 0 radical (unpaired) electrons. The first kappa shape index (κ1) is 82.4. The Kier molecular flexibility index (Phi) is 63.8. The summed E-state index contributed by atoms with van der Waals surface area (Å²) >= 11 is 0. The highest BCUT2D eigenvalue weighted by molar-refractivity contribution is 5.71. The molecule has 2 atom stereocenters. The Morgan fingerprint density at radius 2 is 0.621 bits per heavy atom. The van der Waals surface area contributed by atoms with E-state index in [1.807, 2.05) is 21.1 Å². The highest BCUT2D eigenvalue weighted by Crippen LogP contribution is 2.17. The number of carboxylic acid groups (broad SMARTS) is 1. The Labute approximate surface area is 535 Å². The van der Waals surface area contributed by atoms with Crippen molar-refractivity contribution in [2.24, 2.45) is 0 Å². The predicted molar refractivity (Wildman–Crippen MR) is 373 cm³/mol. The third-order valence-electron chi connectivity index (χ3n) is 14.9. The Bertz CT molecular complexity index is 1890. The SMILES string of the molecule is CC/C=C\C/C=C\C/C=C\C/C=C\C/C=C\C/C=C\CCCCCCCCCCCCCCCCCCCCCCCCC(=O)OC(COC(=O)CCCCCCC/C=C\C/C=C\C/C=C\C/C=C\C/C=C\CC)COC(OCC[N+](C)(C)C)C(=O)O. The number of hydrogen-bond donors (Lipinski definition) is 1. The molecule has 0 aliphatic heterocycles. The monoisotopic (exact) mass is 1210 g/mol. The molecule has 0 aliphatic rings. The van der Waals surface area contributed by atoms with Gasteiger partial charge in [0.05, 0.1) is 34.4 Å². The first-order valence-corrected chi connectivity index (χ1v) is 35.3. The molecule has 1 N–H and O–H groups in total. The van der Waals surface area contributed by atoms with E-state index < -0.39 is 24.3 Å². The number of unbranched alkanes of at least 4 members (excludes halogenated alkanes) is 27. The van der Waals surface area contributed by atoms with Gasteiger partial charge >= 0.3 is 17.9 Å². The van der Waals surface area contributed by atoms with E-state index in [4.69, 9.17) is 18.9 Å². The summed E-state index contributed by atoms with van der Waals surface area (Å²) in [4.78, 5) is 37.6. The zero-order valence-electron chi connectivity index (χ0n) is 56.6. The van der Waals surface area contributed by atoms with Crippen LogP contribution in [0.3, 0.4) is 0 Å². The van der Waals surface area contributed by atoms with Gasteiger partial charge in [-0.3, -0.25) is 9.59 Å². The molecule has 0 spiro atoms. The summed E-state index contributed by atoms with van der Waals surface area (Å²) in [5.41, 5.74) is 0. The lowest BCUT2D eigenvalue weighted by atomic mass is 10.0. The highest BCUT2D eigenvalue weighted by Gasteiger charge is 2.25. The molecule has 2 unspecified atom stereocenters. The number of allylic oxidation sites excluding steroid dienone is 22. The van der Waals surface area contributed by atoms with Crippen LogP contribution in [0.1, 0.15) is 284 Å². The van der Waals surface area contributed by atoms with Crippen molar-refractivity contribution < 1.29 is 42.9 Å². The lowest BCUT2D eigenvalue weighted by Gasteiger charge is -2.25. The van der Waals surface area contributed by atoms with E-state index in [0.29, 0.717) is 17.4 Å². The van der Waals surface area contributed by atoms with E-state index in [1.165, 1.54) is 128 Å². The van der Waals surface area contributed by atoms with Gasteiger partial charge < -0.3 is 28.5 Å². The predicted octanol–water partition coefficient (Wildman–Crippen LogP) is 22.1. The number of quaternary nitrogens is 1. The summed E-state index contributed by atoms with van der Waals surface area (Å²) in [5, 5.41) is 9.74. The molecular formula is C78H132NO8+. The number of carbonyl (C=O) groups is 3. The Hall–Kier alpha value is -4.57. The van der Waals surface area contributed by atoms with Crippen LogP contribution in [0.2, 0.25) is 0 Å². The Morgan fingerprint density at radius 3 is 0.920 bits per heavy atom. The van der Waals surface area contributed by atoms with Crippen LogP contribution in [-0.2, 0) is 33.3 Å². The number of ether oxygens (including phenoxy) is 4. The van der Waals surface area contributed by atoms with Crippen molar-refractivity contribution >= 4 is 17.9 Å². The van der Waals surface area contributed by atoms with Crippen molar-refractivity contribution in [3.8, 4) is 0 Å². The van der Waals surface area contributed by atoms with E-state index in [2.05, 4.69) is 148 Å². The minimum absolute atomic E-state index is 0.180. The van der Waals surface area contributed by atoms with Gasteiger partial charge in [0.2, 0.25) is 0 Å².